The lowest BCUT2D eigenvalue weighted by Gasteiger charge is -2.04. The number of hydrogen-bond acceptors (Lipinski definition) is 3. The summed E-state index contributed by atoms with van der Waals surface area (Å²) in [7, 11) is 0. The molecule has 2 aromatic rings. The van der Waals surface area contributed by atoms with E-state index in [-0.39, 0.29) is 0 Å². The smallest absolute Gasteiger partial charge is 0.110 e. The lowest BCUT2D eigenvalue weighted by molar-refractivity contribution is 0.643. The summed E-state index contributed by atoms with van der Waals surface area (Å²) >= 11 is 7.89. The van der Waals surface area contributed by atoms with Gasteiger partial charge < -0.3 is 5.32 Å². The average molecular weight is 265 g/mol. The van der Waals surface area contributed by atoms with Gasteiger partial charge in [-0.25, -0.2) is 4.98 Å². The molecule has 2 nitrogen and oxygen atoms in total. The van der Waals surface area contributed by atoms with Crippen molar-refractivity contribution < 1.29 is 0 Å². The van der Waals surface area contributed by atoms with E-state index in [4.69, 9.17) is 16.6 Å². The van der Waals surface area contributed by atoms with Gasteiger partial charge in [-0.05, 0) is 25.5 Å². The molecule has 1 saturated heterocycles. The van der Waals surface area contributed by atoms with E-state index in [9.17, 15) is 0 Å². The number of rotatable bonds is 2. The maximum absolute atomic E-state index is 6.18. The first-order chi connectivity index (χ1) is 8.34. The van der Waals surface area contributed by atoms with Crippen LogP contribution in [0.5, 0.6) is 0 Å². The van der Waals surface area contributed by atoms with Gasteiger partial charge in [0.05, 0.1) is 11.7 Å². The second kappa shape index (κ2) is 4.77. The van der Waals surface area contributed by atoms with Crippen LogP contribution in [0.2, 0.25) is 5.02 Å². The first-order valence-electron chi connectivity index (χ1n) is 5.78. The van der Waals surface area contributed by atoms with Crippen molar-refractivity contribution in [3.8, 4) is 11.3 Å². The van der Waals surface area contributed by atoms with Crippen LogP contribution >= 0.6 is 22.9 Å². The summed E-state index contributed by atoms with van der Waals surface area (Å²) in [5, 5.41) is 7.51. The van der Waals surface area contributed by atoms with E-state index in [1.807, 2.05) is 24.3 Å². The summed E-state index contributed by atoms with van der Waals surface area (Å²) in [6.45, 7) is 1.10. The molecular formula is C13H13ClN2S. The molecule has 2 heterocycles. The average Bonchev–Trinajstić information content (AvgIpc) is 3.00. The minimum Gasteiger partial charge on any atom is -0.308 e. The maximum Gasteiger partial charge on any atom is 0.110 e. The topological polar surface area (TPSA) is 24.9 Å². The van der Waals surface area contributed by atoms with E-state index < -0.39 is 0 Å². The Kier molecular flexibility index (Phi) is 3.14. The van der Waals surface area contributed by atoms with Crippen molar-refractivity contribution in [1.29, 1.82) is 0 Å². The third kappa shape index (κ3) is 2.23. The molecule has 0 radical (unpaired) electrons. The van der Waals surface area contributed by atoms with Gasteiger partial charge in [0.2, 0.25) is 0 Å². The van der Waals surface area contributed by atoms with Crippen molar-refractivity contribution in [2.24, 2.45) is 0 Å². The molecule has 1 aromatic heterocycles. The molecule has 0 amide bonds. The van der Waals surface area contributed by atoms with E-state index in [0.29, 0.717) is 6.04 Å². The number of hydrogen-bond donors (Lipinski definition) is 1. The molecule has 1 unspecified atom stereocenters. The van der Waals surface area contributed by atoms with Gasteiger partial charge in [0, 0.05) is 16.0 Å². The quantitative estimate of drug-likeness (QED) is 0.890. The fraction of sp³-hybridized carbons (Fsp3) is 0.308. The van der Waals surface area contributed by atoms with E-state index in [1.165, 1.54) is 17.8 Å². The third-order valence-corrected chi connectivity index (χ3v) is 4.32. The Hall–Kier alpha value is -0.900. The molecular weight excluding hydrogens is 252 g/mol. The predicted octanol–water partition coefficient (Wildman–Crippen LogP) is 3.89. The Balaban J connectivity index is 1.92. The largest absolute Gasteiger partial charge is 0.308 e. The van der Waals surface area contributed by atoms with Gasteiger partial charge in [-0.2, -0.15) is 0 Å². The molecule has 1 atom stereocenters. The van der Waals surface area contributed by atoms with Crippen LogP contribution in [-0.2, 0) is 0 Å². The molecule has 1 aliphatic heterocycles. The summed E-state index contributed by atoms with van der Waals surface area (Å²) in [6.07, 6.45) is 2.43. The Bertz CT molecular complexity index is 518. The SMILES string of the molecule is Clc1ccccc1-c1csc(C2CCCN2)n1. The number of benzene rings is 1. The summed E-state index contributed by atoms with van der Waals surface area (Å²) in [5.74, 6) is 0. The van der Waals surface area contributed by atoms with Crippen molar-refractivity contribution in [1.82, 2.24) is 10.3 Å². The number of aromatic nitrogens is 1. The van der Waals surface area contributed by atoms with Crippen LogP contribution in [-0.4, -0.2) is 11.5 Å². The molecule has 3 rings (SSSR count). The number of halogens is 1. The Morgan fingerprint density at radius 2 is 2.24 bits per heavy atom. The van der Waals surface area contributed by atoms with E-state index in [0.717, 1.165) is 22.8 Å². The standard InChI is InChI=1S/C13H13ClN2S/c14-10-5-2-1-4-9(10)12-8-17-13(16-12)11-6-3-7-15-11/h1-2,4-5,8,11,15H,3,6-7H2. The zero-order valence-corrected chi connectivity index (χ0v) is 10.9. The van der Waals surface area contributed by atoms with Crippen LogP contribution in [0, 0.1) is 0 Å². The van der Waals surface area contributed by atoms with E-state index in [1.54, 1.807) is 11.3 Å². The van der Waals surface area contributed by atoms with E-state index >= 15 is 0 Å². The molecule has 4 heteroatoms. The highest BCUT2D eigenvalue weighted by Gasteiger charge is 2.19. The first-order valence-corrected chi connectivity index (χ1v) is 7.04. The van der Waals surface area contributed by atoms with Gasteiger partial charge >= 0.3 is 0 Å². The van der Waals surface area contributed by atoms with Crippen molar-refractivity contribution in [3.05, 3.63) is 39.7 Å². The van der Waals surface area contributed by atoms with Gasteiger partial charge in [-0.3, -0.25) is 0 Å². The second-order valence-corrected chi connectivity index (χ2v) is 5.50. The molecule has 0 bridgehead atoms. The molecule has 0 aliphatic carbocycles. The van der Waals surface area contributed by atoms with Crippen molar-refractivity contribution in [3.63, 3.8) is 0 Å². The summed E-state index contributed by atoms with van der Waals surface area (Å²) in [6, 6.07) is 8.30. The fourth-order valence-corrected chi connectivity index (χ4v) is 3.30. The minimum absolute atomic E-state index is 0.441. The molecule has 1 N–H and O–H groups in total. The summed E-state index contributed by atoms with van der Waals surface area (Å²) in [5.41, 5.74) is 2.01. The van der Waals surface area contributed by atoms with Crippen LogP contribution in [0.4, 0.5) is 0 Å². The monoisotopic (exact) mass is 264 g/mol. The zero-order chi connectivity index (χ0) is 11.7. The molecule has 0 saturated carbocycles. The van der Waals surface area contributed by atoms with Crippen molar-refractivity contribution in [2.75, 3.05) is 6.54 Å². The molecule has 0 spiro atoms. The second-order valence-electron chi connectivity index (χ2n) is 4.20. The van der Waals surface area contributed by atoms with Crippen LogP contribution < -0.4 is 5.32 Å². The Labute approximate surface area is 110 Å². The zero-order valence-electron chi connectivity index (χ0n) is 9.32. The fourth-order valence-electron chi connectivity index (χ4n) is 2.14. The lowest BCUT2D eigenvalue weighted by atomic mass is 10.2. The van der Waals surface area contributed by atoms with Gasteiger partial charge in [-0.1, -0.05) is 29.8 Å². The van der Waals surface area contributed by atoms with Gasteiger partial charge in [-0.15, -0.1) is 11.3 Å². The minimum atomic E-state index is 0.441. The number of thiazole rings is 1. The lowest BCUT2D eigenvalue weighted by Crippen LogP contribution is -2.12. The van der Waals surface area contributed by atoms with Crippen molar-refractivity contribution in [2.45, 2.75) is 18.9 Å². The Morgan fingerprint density at radius 3 is 3.00 bits per heavy atom. The number of nitrogens with one attached hydrogen (secondary N) is 1. The molecule has 1 aliphatic rings. The molecule has 1 aromatic carbocycles. The first kappa shape index (κ1) is 11.2. The van der Waals surface area contributed by atoms with Crippen LogP contribution in [0.15, 0.2) is 29.6 Å². The number of nitrogens with zero attached hydrogens (tertiary/aromatic N) is 1. The van der Waals surface area contributed by atoms with Gasteiger partial charge in [0.1, 0.15) is 5.01 Å². The molecule has 1 fully saturated rings. The van der Waals surface area contributed by atoms with Crippen LogP contribution in [0.1, 0.15) is 23.9 Å². The highest BCUT2D eigenvalue weighted by Crippen LogP contribution is 2.32. The van der Waals surface area contributed by atoms with Crippen LogP contribution in [0.25, 0.3) is 11.3 Å². The highest BCUT2D eigenvalue weighted by molar-refractivity contribution is 7.10. The molecule has 88 valence electrons. The van der Waals surface area contributed by atoms with Crippen LogP contribution in [0.3, 0.4) is 0 Å². The van der Waals surface area contributed by atoms with E-state index in [2.05, 4.69) is 10.7 Å². The summed E-state index contributed by atoms with van der Waals surface area (Å²) < 4.78 is 0. The van der Waals surface area contributed by atoms with Crippen molar-refractivity contribution >= 4 is 22.9 Å². The van der Waals surface area contributed by atoms with Gasteiger partial charge in [0.25, 0.3) is 0 Å². The predicted molar refractivity (Wildman–Crippen MR) is 72.5 cm³/mol. The molecule has 17 heavy (non-hydrogen) atoms. The third-order valence-electron chi connectivity index (χ3n) is 3.03. The van der Waals surface area contributed by atoms with Gasteiger partial charge in [0.15, 0.2) is 0 Å². The Morgan fingerprint density at radius 1 is 1.35 bits per heavy atom. The normalized spacial score (nSPS) is 19.7. The maximum atomic E-state index is 6.18. The highest BCUT2D eigenvalue weighted by atomic mass is 35.5. The summed E-state index contributed by atoms with van der Waals surface area (Å²) in [4.78, 5) is 4.69.